The lowest BCUT2D eigenvalue weighted by atomic mass is 10.1. The summed E-state index contributed by atoms with van der Waals surface area (Å²) in [5.41, 5.74) is 6.84. The fraction of sp³-hybridized carbons (Fsp3) is 0.500. The number of benzene rings is 1. The van der Waals surface area contributed by atoms with Crippen LogP contribution in [0.1, 0.15) is 19.8 Å². The predicted octanol–water partition coefficient (Wildman–Crippen LogP) is 1.90. The van der Waals surface area contributed by atoms with Gasteiger partial charge in [-0.15, -0.1) is 0 Å². The van der Waals surface area contributed by atoms with E-state index in [-0.39, 0.29) is 18.0 Å². The molecule has 0 aliphatic carbocycles. The van der Waals surface area contributed by atoms with E-state index in [4.69, 9.17) is 10.5 Å². The topological polar surface area (TPSA) is 50.8 Å². The molecule has 1 saturated heterocycles. The van der Waals surface area contributed by atoms with Crippen molar-refractivity contribution in [2.45, 2.75) is 38.0 Å². The number of anilines is 1. The molecule has 0 amide bonds. The fourth-order valence-corrected chi connectivity index (χ4v) is 2.84. The highest BCUT2D eigenvalue weighted by Crippen LogP contribution is 2.30. The molecule has 2 aliphatic rings. The largest absolute Gasteiger partial charge is 0.373 e. The second kappa shape index (κ2) is 4.81. The molecule has 1 aromatic rings. The molecule has 3 unspecified atom stereocenters. The van der Waals surface area contributed by atoms with Gasteiger partial charge in [0.2, 0.25) is 0 Å². The summed E-state index contributed by atoms with van der Waals surface area (Å²) in [6, 6.07) is 6.46. The maximum atomic E-state index is 13.0. The lowest BCUT2D eigenvalue weighted by Crippen LogP contribution is -2.47. The number of aliphatic imine (C=N–C) groups is 1. The molecule has 0 spiro atoms. The van der Waals surface area contributed by atoms with Crippen molar-refractivity contribution >= 4 is 11.6 Å². The number of rotatable bonds is 2. The highest BCUT2D eigenvalue weighted by atomic mass is 19.1. The second-order valence-electron chi connectivity index (χ2n) is 5.18. The number of hydrogen-bond acceptors (Lipinski definition) is 4. The van der Waals surface area contributed by atoms with Crippen molar-refractivity contribution in [1.82, 2.24) is 0 Å². The van der Waals surface area contributed by atoms with Crippen LogP contribution in [-0.4, -0.2) is 30.8 Å². The summed E-state index contributed by atoms with van der Waals surface area (Å²) < 4.78 is 18.9. The van der Waals surface area contributed by atoms with Gasteiger partial charge >= 0.3 is 0 Å². The smallest absolute Gasteiger partial charge is 0.196 e. The Morgan fingerprint density at radius 3 is 2.68 bits per heavy atom. The van der Waals surface area contributed by atoms with E-state index in [9.17, 15) is 4.39 Å². The summed E-state index contributed by atoms with van der Waals surface area (Å²) in [4.78, 5) is 6.27. The Labute approximate surface area is 112 Å². The van der Waals surface area contributed by atoms with Crippen LogP contribution in [0.3, 0.4) is 0 Å². The van der Waals surface area contributed by atoms with Crippen molar-refractivity contribution in [3.63, 3.8) is 0 Å². The van der Waals surface area contributed by atoms with Crippen molar-refractivity contribution in [2.24, 2.45) is 10.7 Å². The van der Waals surface area contributed by atoms with Crippen LogP contribution in [0.2, 0.25) is 0 Å². The Morgan fingerprint density at radius 1 is 1.32 bits per heavy atom. The van der Waals surface area contributed by atoms with Gasteiger partial charge in [0, 0.05) is 5.69 Å². The molecule has 0 bridgehead atoms. The zero-order chi connectivity index (χ0) is 13.4. The number of ether oxygens (including phenoxy) is 1. The van der Waals surface area contributed by atoms with Gasteiger partial charge in [0.25, 0.3) is 0 Å². The summed E-state index contributed by atoms with van der Waals surface area (Å²) in [5, 5.41) is 0. The molecule has 5 heteroatoms. The van der Waals surface area contributed by atoms with E-state index in [2.05, 4.69) is 11.9 Å². The third kappa shape index (κ3) is 2.30. The van der Waals surface area contributed by atoms with Crippen LogP contribution in [0.5, 0.6) is 0 Å². The molecule has 0 saturated carbocycles. The minimum atomic E-state index is -0.249. The standard InChI is InChI=1S/C14H18FN3O/c1-9-2-7-13(19-9)12-8-17-14(16)18(12)11-5-3-10(15)4-6-11/h3-6,9,12-13H,2,7-8H2,1H3,(H2,16,17). The minimum Gasteiger partial charge on any atom is -0.373 e. The van der Waals surface area contributed by atoms with Gasteiger partial charge in [-0.2, -0.15) is 0 Å². The molecule has 1 fully saturated rings. The molecule has 3 rings (SSSR count). The second-order valence-corrected chi connectivity index (χ2v) is 5.18. The first-order chi connectivity index (χ1) is 9.15. The Bertz CT molecular complexity index is 488. The lowest BCUT2D eigenvalue weighted by molar-refractivity contribution is 0.0440. The van der Waals surface area contributed by atoms with Gasteiger partial charge in [0.05, 0.1) is 24.8 Å². The Kier molecular flexibility index (Phi) is 3.14. The average molecular weight is 263 g/mol. The van der Waals surface area contributed by atoms with Gasteiger partial charge in [0.1, 0.15) is 5.82 Å². The first-order valence-corrected chi connectivity index (χ1v) is 6.65. The summed E-state index contributed by atoms with van der Waals surface area (Å²) in [5.74, 6) is 0.237. The van der Waals surface area contributed by atoms with Gasteiger partial charge in [-0.25, -0.2) is 4.39 Å². The summed E-state index contributed by atoms with van der Waals surface area (Å²) >= 11 is 0. The maximum absolute atomic E-state index is 13.0. The summed E-state index contributed by atoms with van der Waals surface area (Å²) in [6.45, 7) is 2.72. The highest BCUT2D eigenvalue weighted by molar-refractivity contribution is 5.97. The van der Waals surface area contributed by atoms with Crippen LogP contribution in [0.15, 0.2) is 29.3 Å². The van der Waals surface area contributed by atoms with Gasteiger partial charge in [0.15, 0.2) is 5.96 Å². The maximum Gasteiger partial charge on any atom is 0.196 e. The number of hydrogen-bond donors (Lipinski definition) is 1. The molecule has 1 aromatic carbocycles. The first kappa shape index (κ1) is 12.4. The minimum absolute atomic E-state index is 0.121. The van der Waals surface area contributed by atoms with E-state index in [0.29, 0.717) is 18.6 Å². The molecule has 3 atom stereocenters. The molecular formula is C14H18FN3O. The van der Waals surface area contributed by atoms with Crippen molar-refractivity contribution in [3.8, 4) is 0 Å². The normalized spacial score (nSPS) is 30.7. The van der Waals surface area contributed by atoms with Crippen LogP contribution in [0.25, 0.3) is 0 Å². The van der Waals surface area contributed by atoms with Gasteiger partial charge in [-0.3, -0.25) is 4.99 Å². The van der Waals surface area contributed by atoms with Crippen LogP contribution in [-0.2, 0) is 4.74 Å². The van der Waals surface area contributed by atoms with Crippen molar-refractivity contribution in [3.05, 3.63) is 30.1 Å². The van der Waals surface area contributed by atoms with Crippen LogP contribution in [0.4, 0.5) is 10.1 Å². The van der Waals surface area contributed by atoms with E-state index in [0.717, 1.165) is 18.5 Å². The summed E-state index contributed by atoms with van der Waals surface area (Å²) in [6.07, 6.45) is 2.52. The number of nitrogens with zero attached hydrogens (tertiary/aromatic N) is 2. The third-order valence-corrected chi connectivity index (χ3v) is 3.82. The van der Waals surface area contributed by atoms with Gasteiger partial charge < -0.3 is 15.4 Å². The molecule has 4 nitrogen and oxygen atoms in total. The van der Waals surface area contributed by atoms with Gasteiger partial charge in [-0.05, 0) is 44.0 Å². The number of guanidine groups is 1. The zero-order valence-electron chi connectivity index (χ0n) is 10.9. The molecule has 102 valence electrons. The van der Waals surface area contributed by atoms with Crippen molar-refractivity contribution in [1.29, 1.82) is 0 Å². The first-order valence-electron chi connectivity index (χ1n) is 6.65. The third-order valence-electron chi connectivity index (χ3n) is 3.82. The van der Waals surface area contributed by atoms with Crippen LogP contribution < -0.4 is 10.6 Å². The van der Waals surface area contributed by atoms with E-state index in [1.54, 1.807) is 12.1 Å². The molecule has 0 radical (unpaired) electrons. The zero-order valence-corrected chi connectivity index (χ0v) is 10.9. The number of halogens is 1. The van der Waals surface area contributed by atoms with E-state index >= 15 is 0 Å². The van der Waals surface area contributed by atoms with Crippen LogP contribution >= 0.6 is 0 Å². The molecular weight excluding hydrogens is 245 g/mol. The fourth-order valence-electron chi connectivity index (χ4n) is 2.84. The highest BCUT2D eigenvalue weighted by Gasteiger charge is 2.38. The van der Waals surface area contributed by atoms with Crippen molar-refractivity contribution < 1.29 is 9.13 Å². The van der Waals surface area contributed by atoms with E-state index in [1.807, 2.05) is 4.90 Å². The Balaban J connectivity index is 1.84. The molecule has 0 aromatic heterocycles. The monoisotopic (exact) mass is 263 g/mol. The Hall–Kier alpha value is -1.62. The number of nitrogens with two attached hydrogens (primary N) is 1. The van der Waals surface area contributed by atoms with E-state index < -0.39 is 0 Å². The predicted molar refractivity (Wildman–Crippen MR) is 72.7 cm³/mol. The Morgan fingerprint density at radius 2 is 2.05 bits per heavy atom. The SMILES string of the molecule is CC1CCC(C2CN=C(N)N2c2ccc(F)cc2)O1. The molecule has 2 heterocycles. The lowest BCUT2D eigenvalue weighted by Gasteiger charge is -2.30. The molecule has 19 heavy (non-hydrogen) atoms. The van der Waals surface area contributed by atoms with Crippen LogP contribution in [0, 0.1) is 5.82 Å². The van der Waals surface area contributed by atoms with Crippen molar-refractivity contribution in [2.75, 3.05) is 11.4 Å². The average Bonchev–Trinajstić information content (AvgIpc) is 2.97. The van der Waals surface area contributed by atoms with E-state index in [1.165, 1.54) is 12.1 Å². The quantitative estimate of drug-likeness (QED) is 0.886. The summed E-state index contributed by atoms with van der Waals surface area (Å²) in [7, 11) is 0. The van der Waals surface area contributed by atoms with Gasteiger partial charge in [-0.1, -0.05) is 0 Å². The molecule has 2 N–H and O–H groups in total. The molecule has 2 aliphatic heterocycles.